The van der Waals surface area contributed by atoms with Gasteiger partial charge in [-0.15, -0.1) is 0 Å². The van der Waals surface area contributed by atoms with E-state index in [0.717, 1.165) is 5.56 Å². The van der Waals surface area contributed by atoms with Crippen molar-refractivity contribution < 1.29 is 18.7 Å². The van der Waals surface area contributed by atoms with E-state index < -0.39 is 23.7 Å². The zero-order valence-electron chi connectivity index (χ0n) is 10.2. The average molecular weight is 254 g/mol. The summed E-state index contributed by atoms with van der Waals surface area (Å²) < 4.78 is 27.5. The first-order valence-corrected chi connectivity index (χ1v) is 6.11. The maximum Gasteiger partial charge on any atom is 0.306 e. The monoisotopic (exact) mass is 254 g/mol. The maximum absolute atomic E-state index is 13.8. The summed E-state index contributed by atoms with van der Waals surface area (Å²) in [6.07, 6.45) is 1.54. The van der Waals surface area contributed by atoms with Crippen LogP contribution in [0, 0.1) is 11.8 Å². The van der Waals surface area contributed by atoms with Gasteiger partial charge in [0.25, 0.3) is 5.92 Å². The molecule has 0 bridgehead atoms. The summed E-state index contributed by atoms with van der Waals surface area (Å²) >= 11 is 0. The second-order valence-electron chi connectivity index (χ2n) is 5.04. The van der Waals surface area contributed by atoms with Crippen LogP contribution in [0.1, 0.15) is 30.9 Å². The molecule has 2 rings (SSSR count). The van der Waals surface area contributed by atoms with E-state index in [1.165, 1.54) is 12.1 Å². The molecule has 0 saturated heterocycles. The quantitative estimate of drug-likeness (QED) is 0.873. The molecule has 1 aromatic carbocycles. The van der Waals surface area contributed by atoms with E-state index in [1.54, 1.807) is 19.1 Å². The molecule has 0 amide bonds. The van der Waals surface area contributed by atoms with Gasteiger partial charge in [-0.25, -0.2) is 8.78 Å². The molecule has 18 heavy (non-hydrogen) atoms. The van der Waals surface area contributed by atoms with Crippen LogP contribution in [0.15, 0.2) is 24.3 Å². The molecule has 98 valence electrons. The molecule has 0 radical (unpaired) electrons. The lowest BCUT2D eigenvalue weighted by Crippen LogP contribution is -2.16. The molecule has 1 unspecified atom stereocenters. The SMILES string of the molecule is CC(Cc1ccc(C(F)(F)C2CC2)cc1)C(=O)O. The van der Waals surface area contributed by atoms with E-state index in [2.05, 4.69) is 0 Å². The highest BCUT2D eigenvalue weighted by atomic mass is 19.3. The number of hydrogen-bond acceptors (Lipinski definition) is 1. The minimum absolute atomic E-state index is 0.0386. The summed E-state index contributed by atoms with van der Waals surface area (Å²) in [6.45, 7) is 1.61. The number of aliphatic carboxylic acids is 1. The van der Waals surface area contributed by atoms with E-state index in [0.29, 0.717) is 19.3 Å². The highest BCUT2D eigenvalue weighted by Crippen LogP contribution is 2.49. The summed E-state index contributed by atoms with van der Waals surface area (Å²) in [5, 5.41) is 8.79. The van der Waals surface area contributed by atoms with E-state index in [4.69, 9.17) is 5.11 Å². The van der Waals surface area contributed by atoms with Crippen molar-refractivity contribution in [2.45, 2.75) is 32.1 Å². The molecule has 1 aliphatic carbocycles. The predicted molar refractivity (Wildman–Crippen MR) is 63.6 cm³/mol. The third-order valence-corrected chi connectivity index (χ3v) is 3.39. The number of alkyl halides is 2. The number of rotatable bonds is 5. The Labute approximate surface area is 105 Å². The Morgan fingerprint density at radius 1 is 1.39 bits per heavy atom. The molecule has 0 heterocycles. The molecular weight excluding hydrogens is 238 g/mol. The van der Waals surface area contributed by atoms with Crippen LogP contribution in [-0.2, 0) is 17.1 Å². The Morgan fingerprint density at radius 3 is 2.39 bits per heavy atom. The Hall–Kier alpha value is -1.45. The van der Waals surface area contributed by atoms with Crippen LogP contribution in [0.25, 0.3) is 0 Å². The van der Waals surface area contributed by atoms with Crippen LogP contribution in [0.5, 0.6) is 0 Å². The molecule has 1 saturated carbocycles. The van der Waals surface area contributed by atoms with Gasteiger partial charge in [-0.05, 0) is 24.8 Å². The minimum atomic E-state index is -2.74. The Morgan fingerprint density at radius 2 is 1.94 bits per heavy atom. The van der Waals surface area contributed by atoms with Gasteiger partial charge in [0, 0.05) is 11.5 Å². The van der Waals surface area contributed by atoms with E-state index in [-0.39, 0.29) is 5.56 Å². The van der Waals surface area contributed by atoms with E-state index in [9.17, 15) is 13.6 Å². The number of hydrogen-bond donors (Lipinski definition) is 1. The predicted octanol–water partition coefficient (Wildman–Crippen LogP) is 3.45. The third kappa shape index (κ3) is 2.68. The fraction of sp³-hybridized carbons (Fsp3) is 0.500. The number of benzene rings is 1. The van der Waals surface area contributed by atoms with Gasteiger partial charge in [-0.2, -0.15) is 0 Å². The molecule has 1 aromatic rings. The zero-order chi connectivity index (χ0) is 13.3. The lowest BCUT2D eigenvalue weighted by atomic mass is 9.97. The van der Waals surface area contributed by atoms with Gasteiger partial charge in [0.1, 0.15) is 0 Å². The van der Waals surface area contributed by atoms with Gasteiger partial charge in [-0.3, -0.25) is 4.79 Å². The van der Waals surface area contributed by atoms with Gasteiger partial charge in [-0.1, -0.05) is 31.2 Å². The Balaban J connectivity index is 2.08. The van der Waals surface area contributed by atoms with Crippen molar-refractivity contribution >= 4 is 5.97 Å². The van der Waals surface area contributed by atoms with E-state index in [1.807, 2.05) is 0 Å². The first-order chi connectivity index (χ1) is 8.41. The Bertz CT molecular complexity index is 436. The van der Waals surface area contributed by atoms with Gasteiger partial charge in [0.15, 0.2) is 0 Å². The smallest absolute Gasteiger partial charge is 0.306 e. The number of carbonyl (C=O) groups is 1. The molecule has 1 N–H and O–H groups in total. The summed E-state index contributed by atoms with van der Waals surface area (Å²) in [5.41, 5.74) is 0.817. The molecule has 1 fully saturated rings. The largest absolute Gasteiger partial charge is 0.481 e. The highest BCUT2D eigenvalue weighted by Gasteiger charge is 2.47. The van der Waals surface area contributed by atoms with Crippen molar-refractivity contribution in [2.24, 2.45) is 11.8 Å². The average Bonchev–Trinajstić information content (AvgIpc) is 3.13. The first kappa shape index (κ1) is 13.0. The number of halogens is 2. The van der Waals surface area contributed by atoms with Crippen LogP contribution in [0.3, 0.4) is 0 Å². The second kappa shape index (κ2) is 4.67. The van der Waals surface area contributed by atoms with Gasteiger partial charge < -0.3 is 5.11 Å². The maximum atomic E-state index is 13.8. The molecule has 4 heteroatoms. The molecule has 0 spiro atoms. The minimum Gasteiger partial charge on any atom is -0.481 e. The highest BCUT2D eigenvalue weighted by molar-refractivity contribution is 5.69. The fourth-order valence-electron chi connectivity index (χ4n) is 1.99. The van der Waals surface area contributed by atoms with Gasteiger partial charge in [0.2, 0.25) is 0 Å². The normalized spacial score (nSPS) is 17.5. The summed E-state index contributed by atoms with van der Waals surface area (Å²) in [5.74, 6) is -4.62. The number of carboxylic acid groups (broad SMARTS) is 1. The molecule has 2 nitrogen and oxygen atoms in total. The van der Waals surface area contributed by atoms with Crippen molar-refractivity contribution in [3.63, 3.8) is 0 Å². The van der Waals surface area contributed by atoms with Crippen LogP contribution in [0.2, 0.25) is 0 Å². The Kier molecular flexibility index (Phi) is 3.37. The summed E-state index contributed by atoms with van der Waals surface area (Å²) in [7, 11) is 0. The van der Waals surface area contributed by atoms with Crippen molar-refractivity contribution in [3.05, 3.63) is 35.4 Å². The summed E-state index contributed by atoms with van der Waals surface area (Å²) in [4.78, 5) is 10.7. The van der Waals surface area contributed by atoms with Crippen molar-refractivity contribution in [1.82, 2.24) is 0 Å². The zero-order valence-corrected chi connectivity index (χ0v) is 10.2. The lowest BCUT2D eigenvalue weighted by Gasteiger charge is -2.16. The second-order valence-corrected chi connectivity index (χ2v) is 5.04. The molecule has 1 aliphatic rings. The van der Waals surface area contributed by atoms with Crippen LogP contribution < -0.4 is 0 Å². The summed E-state index contributed by atoms with van der Waals surface area (Å²) in [6, 6.07) is 6.04. The van der Waals surface area contributed by atoms with Crippen LogP contribution in [0.4, 0.5) is 8.78 Å². The van der Waals surface area contributed by atoms with Crippen LogP contribution in [-0.4, -0.2) is 11.1 Å². The van der Waals surface area contributed by atoms with Gasteiger partial charge in [0.05, 0.1) is 5.92 Å². The molecule has 0 aromatic heterocycles. The fourth-order valence-corrected chi connectivity index (χ4v) is 1.99. The van der Waals surface area contributed by atoms with Crippen molar-refractivity contribution in [3.8, 4) is 0 Å². The molecular formula is C14H16F2O2. The topological polar surface area (TPSA) is 37.3 Å². The van der Waals surface area contributed by atoms with Crippen molar-refractivity contribution in [2.75, 3.05) is 0 Å². The molecule has 0 aliphatic heterocycles. The molecule has 1 atom stereocenters. The van der Waals surface area contributed by atoms with Crippen molar-refractivity contribution in [1.29, 1.82) is 0 Å². The van der Waals surface area contributed by atoms with Gasteiger partial charge >= 0.3 is 5.97 Å². The standard InChI is InChI=1S/C14H16F2O2/c1-9(13(17)18)8-10-2-4-11(5-3-10)14(15,16)12-6-7-12/h2-5,9,12H,6-8H2,1H3,(H,17,18). The van der Waals surface area contributed by atoms with E-state index >= 15 is 0 Å². The lowest BCUT2D eigenvalue weighted by molar-refractivity contribution is -0.141. The third-order valence-electron chi connectivity index (χ3n) is 3.39. The van der Waals surface area contributed by atoms with Crippen LogP contribution >= 0.6 is 0 Å². The number of carboxylic acids is 1. The first-order valence-electron chi connectivity index (χ1n) is 6.11.